The smallest absolute Gasteiger partial charge is 0.325 e. The number of hydrogen-bond donors (Lipinski definition) is 2. The molecule has 2 atom stereocenters. The number of H-pyrrole nitrogens is 1. The Hall–Kier alpha value is -4.15. The highest BCUT2D eigenvalue weighted by Crippen LogP contribution is 2.35. The van der Waals surface area contributed by atoms with Gasteiger partial charge < -0.3 is 19.9 Å². The van der Waals surface area contributed by atoms with Crippen molar-refractivity contribution in [1.29, 1.82) is 0 Å². The molecule has 9 nitrogen and oxygen atoms in total. The molecule has 1 aromatic heterocycles. The summed E-state index contributed by atoms with van der Waals surface area (Å²) in [7, 11) is 0. The van der Waals surface area contributed by atoms with Crippen LogP contribution < -0.4 is 10.1 Å². The van der Waals surface area contributed by atoms with Crippen molar-refractivity contribution in [2.45, 2.75) is 31.3 Å². The summed E-state index contributed by atoms with van der Waals surface area (Å²) >= 11 is 9.91. The summed E-state index contributed by atoms with van der Waals surface area (Å²) in [6.07, 6.45) is 4.06. The van der Waals surface area contributed by atoms with E-state index in [0.717, 1.165) is 41.5 Å². The summed E-state index contributed by atoms with van der Waals surface area (Å²) in [6.45, 7) is 1.50. The molecule has 2 N–H and O–H groups in total. The van der Waals surface area contributed by atoms with Crippen LogP contribution in [0.3, 0.4) is 0 Å². The topological polar surface area (TPSA) is 108 Å². The van der Waals surface area contributed by atoms with Crippen LogP contribution in [-0.2, 0) is 16.0 Å². The minimum atomic E-state index is -0.874. The Morgan fingerprint density at radius 3 is 2.51 bits per heavy atom. The zero-order chi connectivity index (χ0) is 29.9. The molecule has 2 aliphatic heterocycles. The SMILES string of the molecule is O=C(COc1ccc([C@H]2NC(=O)N(C(Cc3ccccc3)c3ncc(-c4ccc(Br)cc4Cl)[nH]3)C2=O)cc1)N1CCCC1. The third-order valence-electron chi connectivity index (χ3n) is 7.72. The van der Waals surface area contributed by atoms with E-state index in [1.807, 2.05) is 42.5 Å². The fourth-order valence-electron chi connectivity index (χ4n) is 5.47. The second kappa shape index (κ2) is 12.6. The predicted molar refractivity (Wildman–Crippen MR) is 165 cm³/mol. The number of likely N-dealkylation sites (tertiary alicyclic amines) is 1. The maximum Gasteiger partial charge on any atom is 0.325 e. The van der Waals surface area contributed by atoms with E-state index in [2.05, 4.69) is 31.2 Å². The highest BCUT2D eigenvalue weighted by Gasteiger charge is 2.44. The number of carbonyl (C=O) groups is 3. The van der Waals surface area contributed by atoms with Crippen LogP contribution in [0.2, 0.25) is 5.02 Å². The zero-order valence-corrected chi connectivity index (χ0v) is 25.5. The molecule has 2 aliphatic rings. The summed E-state index contributed by atoms with van der Waals surface area (Å²) < 4.78 is 6.54. The van der Waals surface area contributed by atoms with E-state index < -0.39 is 18.1 Å². The molecular weight excluding hydrogens is 634 g/mol. The zero-order valence-electron chi connectivity index (χ0n) is 23.1. The maximum absolute atomic E-state index is 13.8. The van der Waals surface area contributed by atoms with E-state index in [1.54, 1.807) is 41.4 Å². The van der Waals surface area contributed by atoms with Crippen molar-refractivity contribution in [1.82, 2.24) is 25.1 Å². The van der Waals surface area contributed by atoms with Crippen molar-refractivity contribution >= 4 is 45.4 Å². The number of aromatic amines is 1. The largest absolute Gasteiger partial charge is 0.484 e. The quantitative estimate of drug-likeness (QED) is 0.212. The molecule has 0 bridgehead atoms. The van der Waals surface area contributed by atoms with E-state index in [1.165, 1.54) is 4.90 Å². The third kappa shape index (κ3) is 6.30. The molecule has 2 saturated heterocycles. The Morgan fingerprint density at radius 2 is 1.79 bits per heavy atom. The predicted octanol–water partition coefficient (Wildman–Crippen LogP) is 6.07. The fraction of sp³-hybridized carbons (Fsp3) is 0.250. The highest BCUT2D eigenvalue weighted by atomic mass is 79.9. The van der Waals surface area contributed by atoms with Crippen LogP contribution in [-0.4, -0.2) is 57.3 Å². The van der Waals surface area contributed by atoms with Gasteiger partial charge in [0.15, 0.2) is 6.61 Å². The first-order chi connectivity index (χ1) is 20.9. The Morgan fingerprint density at radius 1 is 1.05 bits per heavy atom. The van der Waals surface area contributed by atoms with Crippen LogP contribution in [0.25, 0.3) is 11.3 Å². The van der Waals surface area contributed by atoms with Crippen LogP contribution in [0.15, 0.2) is 83.5 Å². The van der Waals surface area contributed by atoms with Gasteiger partial charge in [-0.05, 0) is 48.2 Å². The number of rotatable bonds is 9. The highest BCUT2D eigenvalue weighted by molar-refractivity contribution is 9.10. The van der Waals surface area contributed by atoms with Gasteiger partial charge in [0, 0.05) is 29.5 Å². The van der Waals surface area contributed by atoms with Crippen LogP contribution in [0, 0.1) is 0 Å². The van der Waals surface area contributed by atoms with Gasteiger partial charge in [-0.3, -0.25) is 14.5 Å². The maximum atomic E-state index is 13.8. The van der Waals surface area contributed by atoms with Crippen molar-refractivity contribution in [3.63, 3.8) is 0 Å². The first kappa shape index (κ1) is 28.9. The molecule has 4 amide bonds. The van der Waals surface area contributed by atoms with E-state index >= 15 is 0 Å². The van der Waals surface area contributed by atoms with Crippen molar-refractivity contribution in [3.8, 4) is 17.0 Å². The molecule has 6 rings (SSSR count). The fourth-order valence-corrected chi connectivity index (χ4v) is 6.25. The first-order valence-electron chi connectivity index (χ1n) is 14.1. The number of amides is 4. The van der Waals surface area contributed by atoms with Gasteiger partial charge in [-0.2, -0.15) is 0 Å². The molecule has 4 aromatic rings. The van der Waals surface area contributed by atoms with Crippen LogP contribution in [0.5, 0.6) is 5.75 Å². The molecular formula is C32H29BrClN5O4. The normalized spacial score (nSPS) is 17.3. The van der Waals surface area contributed by atoms with Gasteiger partial charge in [-0.1, -0.05) is 76.1 Å². The third-order valence-corrected chi connectivity index (χ3v) is 8.53. The molecule has 2 fully saturated rings. The standard InChI is InChI=1S/C32H29BrClN5O4/c33-22-10-13-24(25(34)17-22)26-18-35-30(36-26)27(16-20-6-2-1-3-7-20)39-31(41)29(37-32(39)42)21-8-11-23(12-9-21)43-19-28(40)38-14-4-5-15-38/h1-3,6-13,17-18,27,29H,4-5,14-16,19H2,(H,35,36)(H,37,42)/t27?,29-/m1/s1. The summed E-state index contributed by atoms with van der Waals surface area (Å²) in [5, 5.41) is 3.37. The Labute approximate surface area is 262 Å². The minimum absolute atomic E-state index is 0.0377. The molecule has 11 heteroatoms. The molecule has 0 spiro atoms. The molecule has 0 radical (unpaired) electrons. The minimum Gasteiger partial charge on any atom is -0.484 e. The lowest BCUT2D eigenvalue weighted by Gasteiger charge is -2.24. The number of imide groups is 1. The molecule has 3 heterocycles. The van der Waals surface area contributed by atoms with Crippen molar-refractivity contribution < 1.29 is 19.1 Å². The number of nitrogens with zero attached hydrogens (tertiary/aromatic N) is 3. The van der Waals surface area contributed by atoms with Crippen molar-refractivity contribution in [2.75, 3.05) is 19.7 Å². The average Bonchev–Trinajstić information content (AvgIpc) is 3.77. The van der Waals surface area contributed by atoms with Crippen LogP contribution >= 0.6 is 27.5 Å². The van der Waals surface area contributed by atoms with Crippen LogP contribution in [0.1, 0.15) is 41.9 Å². The lowest BCUT2D eigenvalue weighted by Crippen LogP contribution is -2.36. The number of imidazole rings is 1. The summed E-state index contributed by atoms with van der Waals surface area (Å²) in [5.41, 5.74) is 2.98. The molecule has 3 aromatic carbocycles. The van der Waals surface area contributed by atoms with Crippen LogP contribution in [0.4, 0.5) is 4.79 Å². The second-order valence-electron chi connectivity index (χ2n) is 10.5. The summed E-state index contributed by atoms with van der Waals surface area (Å²) in [6, 6.07) is 20.0. The van der Waals surface area contributed by atoms with Gasteiger partial charge in [-0.15, -0.1) is 0 Å². The van der Waals surface area contributed by atoms with Gasteiger partial charge in [0.2, 0.25) is 0 Å². The summed E-state index contributed by atoms with van der Waals surface area (Å²) in [5.74, 6) is 0.557. The Kier molecular flexibility index (Phi) is 8.49. The molecule has 43 heavy (non-hydrogen) atoms. The van der Waals surface area contributed by atoms with E-state index in [-0.39, 0.29) is 18.4 Å². The average molecular weight is 663 g/mol. The monoisotopic (exact) mass is 661 g/mol. The number of urea groups is 1. The van der Waals surface area contributed by atoms with Gasteiger partial charge in [0.05, 0.1) is 16.9 Å². The van der Waals surface area contributed by atoms with Gasteiger partial charge >= 0.3 is 6.03 Å². The second-order valence-corrected chi connectivity index (χ2v) is 11.9. The number of carbonyl (C=O) groups excluding carboxylic acids is 3. The number of hydrogen-bond acceptors (Lipinski definition) is 5. The summed E-state index contributed by atoms with van der Waals surface area (Å²) in [4.78, 5) is 50.5. The number of halogens is 2. The van der Waals surface area contributed by atoms with Gasteiger partial charge in [0.25, 0.3) is 11.8 Å². The lowest BCUT2D eigenvalue weighted by molar-refractivity contribution is -0.132. The molecule has 1 unspecified atom stereocenters. The number of ether oxygens (including phenoxy) is 1. The first-order valence-corrected chi connectivity index (χ1v) is 15.2. The Balaban J connectivity index is 1.22. The number of benzene rings is 3. The van der Waals surface area contributed by atoms with Gasteiger partial charge in [0.1, 0.15) is 23.7 Å². The van der Waals surface area contributed by atoms with Crippen molar-refractivity contribution in [2.24, 2.45) is 0 Å². The number of aromatic nitrogens is 2. The lowest BCUT2D eigenvalue weighted by atomic mass is 10.0. The van der Waals surface area contributed by atoms with E-state index in [0.29, 0.717) is 34.3 Å². The molecule has 0 saturated carbocycles. The van der Waals surface area contributed by atoms with E-state index in [4.69, 9.17) is 16.3 Å². The van der Waals surface area contributed by atoms with Gasteiger partial charge in [-0.25, -0.2) is 9.78 Å². The van der Waals surface area contributed by atoms with E-state index in [9.17, 15) is 14.4 Å². The molecule has 0 aliphatic carbocycles. The Bertz CT molecular complexity index is 1640. The number of nitrogens with one attached hydrogen (secondary N) is 2. The van der Waals surface area contributed by atoms with Crippen molar-refractivity contribution in [3.05, 3.63) is 105 Å². The molecule has 220 valence electrons.